The van der Waals surface area contributed by atoms with Crippen LogP contribution in [0.15, 0.2) is 24.3 Å². The second-order valence-corrected chi connectivity index (χ2v) is 4.62. The third kappa shape index (κ3) is 1.39. The Morgan fingerprint density at radius 2 is 2.00 bits per heavy atom. The molecule has 74 valence electrons. The molecule has 1 N–H and O–H groups in total. The molecule has 14 heavy (non-hydrogen) atoms. The zero-order chi connectivity index (χ0) is 9.54. The summed E-state index contributed by atoms with van der Waals surface area (Å²) in [5.74, 6) is 0. The lowest BCUT2D eigenvalue weighted by molar-refractivity contribution is 0.226. The van der Waals surface area contributed by atoms with Crippen molar-refractivity contribution in [3.05, 3.63) is 29.3 Å². The van der Waals surface area contributed by atoms with Crippen LogP contribution in [-0.4, -0.2) is 25.2 Å². The van der Waals surface area contributed by atoms with Crippen LogP contribution in [0.3, 0.4) is 0 Å². The van der Waals surface area contributed by atoms with Gasteiger partial charge >= 0.3 is 0 Å². The summed E-state index contributed by atoms with van der Waals surface area (Å²) in [6.07, 6.45) is 1.34. The molecule has 4 rings (SSSR count). The molecule has 3 aliphatic rings. The van der Waals surface area contributed by atoms with E-state index in [0.29, 0.717) is 12.1 Å². The van der Waals surface area contributed by atoms with Crippen molar-refractivity contribution in [2.24, 2.45) is 0 Å². The van der Waals surface area contributed by atoms with E-state index in [1.165, 1.54) is 12.1 Å². The quantitative estimate of drug-likeness (QED) is 0.759. The van der Waals surface area contributed by atoms with Crippen molar-refractivity contribution in [3.63, 3.8) is 0 Å². The first kappa shape index (κ1) is 8.57. The van der Waals surface area contributed by atoms with Crippen LogP contribution in [0.2, 0.25) is 5.02 Å². The molecule has 3 aliphatic heterocycles. The van der Waals surface area contributed by atoms with E-state index >= 15 is 0 Å². The van der Waals surface area contributed by atoms with Gasteiger partial charge in [-0.15, -0.1) is 0 Å². The highest BCUT2D eigenvalue weighted by atomic mass is 35.5. The van der Waals surface area contributed by atoms with E-state index < -0.39 is 0 Å². The standard InChI is InChI=1S/C11H13ClN2/c12-8-2-1-3-11(4-8)14-6-9-5-10(7-14)13-9/h1-4,9-10,13H,5-7H2. The van der Waals surface area contributed by atoms with E-state index in [2.05, 4.69) is 16.3 Å². The molecule has 1 aromatic rings. The number of nitrogens with one attached hydrogen (secondary N) is 1. The summed E-state index contributed by atoms with van der Waals surface area (Å²) in [5, 5.41) is 4.35. The Labute approximate surface area is 88.9 Å². The maximum atomic E-state index is 5.97. The lowest BCUT2D eigenvalue weighted by Crippen LogP contribution is -2.67. The molecule has 2 nitrogen and oxygen atoms in total. The molecule has 0 spiro atoms. The van der Waals surface area contributed by atoms with Gasteiger partial charge in [0.15, 0.2) is 0 Å². The molecule has 3 heteroatoms. The van der Waals surface area contributed by atoms with Crippen molar-refractivity contribution in [1.29, 1.82) is 0 Å². The minimum Gasteiger partial charge on any atom is -0.368 e. The van der Waals surface area contributed by atoms with Crippen LogP contribution in [0.25, 0.3) is 0 Å². The third-order valence-electron chi connectivity index (χ3n) is 3.10. The number of hydrogen-bond donors (Lipinski definition) is 1. The number of nitrogens with zero attached hydrogens (tertiary/aromatic N) is 1. The molecule has 0 aromatic heterocycles. The molecule has 0 amide bonds. The van der Waals surface area contributed by atoms with Crippen LogP contribution >= 0.6 is 11.6 Å². The lowest BCUT2D eigenvalue weighted by atomic mass is 9.91. The van der Waals surface area contributed by atoms with E-state index in [4.69, 9.17) is 11.6 Å². The zero-order valence-electron chi connectivity index (χ0n) is 7.91. The van der Waals surface area contributed by atoms with Gasteiger partial charge in [-0.05, 0) is 24.6 Å². The van der Waals surface area contributed by atoms with Crippen molar-refractivity contribution in [1.82, 2.24) is 5.32 Å². The number of halogens is 1. The number of rotatable bonds is 1. The zero-order valence-corrected chi connectivity index (χ0v) is 8.67. The fourth-order valence-electron chi connectivity index (χ4n) is 2.40. The van der Waals surface area contributed by atoms with E-state index in [1.807, 2.05) is 18.2 Å². The number of benzene rings is 1. The van der Waals surface area contributed by atoms with Crippen LogP contribution in [0, 0.1) is 0 Å². The summed E-state index contributed by atoms with van der Waals surface area (Å²) < 4.78 is 0. The van der Waals surface area contributed by atoms with Gasteiger partial charge in [-0.3, -0.25) is 0 Å². The number of fused-ring (bicyclic) bond motifs is 2. The summed E-state index contributed by atoms with van der Waals surface area (Å²) >= 11 is 5.97. The Hall–Kier alpha value is -0.730. The number of piperazine rings is 1. The molecular formula is C11H13ClN2. The number of piperidine rings is 1. The molecule has 2 atom stereocenters. The predicted molar refractivity (Wildman–Crippen MR) is 59.0 cm³/mol. The highest BCUT2D eigenvalue weighted by molar-refractivity contribution is 6.30. The highest BCUT2D eigenvalue weighted by Crippen LogP contribution is 2.27. The number of anilines is 1. The first-order valence-electron chi connectivity index (χ1n) is 5.08. The van der Waals surface area contributed by atoms with E-state index in [1.54, 1.807) is 0 Å². The molecule has 0 radical (unpaired) electrons. The molecule has 3 heterocycles. The predicted octanol–water partition coefficient (Wildman–Crippen LogP) is 1.89. The Morgan fingerprint density at radius 3 is 2.64 bits per heavy atom. The fourth-order valence-corrected chi connectivity index (χ4v) is 2.58. The summed E-state index contributed by atoms with van der Waals surface area (Å²) in [6, 6.07) is 9.53. The summed E-state index contributed by atoms with van der Waals surface area (Å²) in [4.78, 5) is 2.42. The van der Waals surface area contributed by atoms with Gasteiger partial charge in [0.05, 0.1) is 0 Å². The maximum Gasteiger partial charge on any atom is 0.0426 e. The van der Waals surface area contributed by atoms with Gasteiger partial charge in [0.2, 0.25) is 0 Å². The fraction of sp³-hybridized carbons (Fsp3) is 0.455. The Morgan fingerprint density at radius 1 is 1.29 bits per heavy atom. The summed E-state index contributed by atoms with van der Waals surface area (Å²) in [7, 11) is 0. The van der Waals surface area contributed by atoms with Crippen LogP contribution in [0.4, 0.5) is 5.69 Å². The SMILES string of the molecule is Clc1cccc(N2CC3CC(C2)N3)c1. The van der Waals surface area contributed by atoms with Gasteiger partial charge < -0.3 is 10.2 Å². The summed E-state index contributed by atoms with van der Waals surface area (Å²) in [6.45, 7) is 2.24. The third-order valence-corrected chi connectivity index (χ3v) is 3.33. The summed E-state index contributed by atoms with van der Waals surface area (Å²) in [5.41, 5.74) is 1.26. The minimum absolute atomic E-state index is 0.702. The topological polar surface area (TPSA) is 15.3 Å². The molecule has 3 fully saturated rings. The van der Waals surface area contributed by atoms with Gasteiger partial charge in [0.25, 0.3) is 0 Å². The first-order valence-corrected chi connectivity index (χ1v) is 5.45. The number of hydrogen-bond acceptors (Lipinski definition) is 2. The Balaban J connectivity index is 1.82. The van der Waals surface area contributed by atoms with Crippen LogP contribution in [-0.2, 0) is 0 Å². The first-order chi connectivity index (χ1) is 6.81. The van der Waals surface area contributed by atoms with Crippen LogP contribution < -0.4 is 10.2 Å². The molecule has 1 aromatic carbocycles. The Kier molecular flexibility index (Phi) is 1.92. The Bertz CT molecular complexity index is 337. The monoisotopic (exact) mass is 208 g/mol. The van der Waals surface area contributed by atoms with Gasteiger partial charge in [-0.25, -0.2) is 0 Å². The smallest absolute Gasteiger partial charge is 0.0426 e. The molecule has 0 aliphatic carbocycles. The normalized spacial score (nSPS) is 29.9. The van der Waals surface area contributed by atoms with E-state index in [9.17, 15) is 0 Å². The average Bonchev–Trinajstić information content (AvgIpc) is 2.17. The molecule has 2 bridgehead atoms. The van der Waals surface area contributed by atoms with Gasteiger partial charge in [-0.1, -0.05) is 17.7 Å². The second kappa shape index (κ2) is 3.14. The maximum absolute atomic E-state index is 5.97. The van der Waals surface area contributed by atoms with Crippen molar-refractivity contribution in [2.75, 3.05) is 18.0 Å². The molecule has 0 saturated carbocycles. The van der Waals surface area contributed by atoms with Crippen molar-refractivity contribution >= 4 is 17.3 Å². The second-order valence-electron chi connectivity index (χ2n) is 4.18. The molecule has 2 unspecified atom stereocenters. The highest BCUT2D eigenvalue weighted by Gasteiger charge is 2.36. The van der Waals surface area contributed by atoms with Crippen molar-refractivity contribution < 1.29 is 0 Å². The molecular weight excluding hydrogens is 196 g/mol. The van der Waals surface area contributed by atoms with Gasteiger partial charge in [0, 0.05) is 35.9 Å². The van der Waals surface area contributed by atoms with Crippen molar-refractivity contribution in [3.8, 4) is 0 Å². The largest absolute Gasteiger partial charge is 0.368 e. The van der Waals surface area contributed by atoms with Crippen LogP contribution in [0.1, 0.15) is 6.42 Å². The van der Waals surface area contributed by atoms with Gasteiger partial charge in [0.1, 0.15) is 0 Å². The van der Waals surface area contributed by atoms with E-state index in [-0.39, 0.29) is 0 Å². The minimum atomic E-state index is 0.702. The van der Waals surface area contributed by atoms with E-state index in [0.717, 1.165) is 18.1 Å². The lowest BCUT2D eigenvalue weighted by Gasteiger charge is -2.49. The molecule has 3 saturated heterocycles. The van der Waals surface area contributed by atoms with Crippen LogP contribution in [0.5, 0.6) is 0 Å². The van der Waals surface area contributed by atoms with Crippen molar-refractivity contribution in [2.45, 2.75) is 18.5 Å². The van der Waals surface area contributed by atoms with Gasteiger partial charge in [-0.2, -0.15) is 0 Å². The average molecular weight is 209 g/mol.